The molecule has 0 saturated carbocycles. The van der Waals surface area contributed by atoms with E-state index in [4.69, 9.17) is 16.9 Å². The molecule has 0 unspecified atom stereocenters. The second-order valence-corrected chi connectivity index (χ2v) is 4.93. The van der Waals surface area contributed by atoms with Gasteiger partial charge in [-0.2, -0.15) is 5.26 Å². The van der Waals surface area contributed by atoms with Crippen LogP contribution in [-0.4, -0.2) is 18.3 Å². The quantitative estimate of drug-likeness (QED) is 0.829. The Hall–Kier alpha value is -1.24. The van der Waals surface area contributed by atoms with Crippen LogP contribution in [0.25, 0.3) is 0 Å². The van der Waals surface area contributed by atoms with Gasteiger partial charge in [0.05, 0.1) is 28.9 Å². The average Bonchev–Trinajstić information content (AvgIpc) is 2.42. The van der Waals surface area contributed by atoms with Crippen LogP contribution >= 0.6 is 11.6 Å². The smallest absolute Gasteiger partial charge is 0.0992 e. The van der Waals surface area contributed by atoms with Gasteiger partial charge in [-0.05, 0) is 31.0 Å². The number of aliphatic hydroxyl groups excluding tert-OH is 1. The van der Waals surface area contributed by atoms with Gasteiger partial charge in [0.2, 0.25) is 0 Å². The highest BCUT2D eigenvalue weighted by Crippen LogP contribution is 2.29. The lowest BCUT2D eigenvalue weighted by atomic mass is 9.83. The van der Waals surface area contributed by atoms with Gasteiger partial charge in [-0.15, -0.1) is 0 Å². The molecule has 0 atom stereocenters. The van der Waals surface area contributed by atoms with Gasteiger partial charge in [-0.25, -0.2) is 0 Å². The van der Waals surface area contributed by atoms with Crippen LogP contribution in [0, 0.1) is 16.7 Å². The van der Waals surface area contributed by atoms with E-state index in [1.54, 1.807) is 18.2 Å². The van der Waals surface area contributed by atoms with Gasteiger partial charge in [0.1, 0.15) is 0 Å². The molecule has 2 N–H and O–H groups in total. The van der Waals surface area contributed by atoms with Crippen molar-refractivity contribution >= 4 is 17.3 Å². The molecule has 4 heteroatoms. The van der Waals surface area contributed by atoms with Crippen molar-refractivity contribution in [2.45, 2.75) is 26.7 Å². The molecular weight excluding hydrogens is 248 g/mol. The SMILES string of the molecule is CCC(CC)(CO)CNc1cc(C#N)ccc1Cl. The summed E-state index contributed by atoms with van der Waals surface area (Å²) >= 11 is 6.08. The van der Waals surface area contributed by atoms with Crippen LogP contribution in [0.4, 0.5) is 5.69 Å². The van der Waals surface area contributed by atoms with Crippen molar-refractivity contribution in [1.82, 2.24) is 0 Å². The maximum Gasteiger partial charge on any atom is 0.0992 e. The molecule has 0 amide bonds. The normalized spacial score (nSPS) is 11.1. The van der Waals surface area contributed by atoms with Crippen molar-refractivity contribution in [2.24, 2.45) is 5.41 Å². The zero-order chi connectivity index (χ0) is 13.6. The van der Waals surface area contributed by atoms with Gasteiger partial charge in [-0.3, -0.25) is 0 Å². The van der Waals surface area contributed by atoms with E-state index in [1.807, 2.05) is 0 Å². The van der Waals surface area contributed by atoms with Crippen molar-refractivity contribution in [2.75, 3.05) is 18.5 Å². The van der Waals surface area contributed by atoms with E-state index in [0.29, 0.717) is 17.1 Å². The number of hydrogen-bond donors (Lipinski definition) is 2. The number of nitriles is 1. The lowest BCUT2D eigenvalue weighted by Gasteiger charge is -2.30. The molecule has 18 heavy (non-hydrogen) atoms. The summed E-state index contributed by atoms with van der Waals surface area (Å²) in [6.07, 6.45) is 1.78. The molecule has 1 aromatic carbocycles. The largest absolute Gasteiger partial charge is 0.396 e. The number of rotatable bonds is 6. The first-order valence-corrected chi connectivity index (χ1v) is 6.53. The van der Waals surface area contributed by atoms with Crippen LogP contribution in [0.2, 0.25) is 5.02 Å². The maximum atomic E-state index is 9.50. The fraction of sp³-hybridized carbons (Fsp3) is 0.500. The Morgan fingerprint density at radius 2 is 2.06 bits per heavy atom. The zero-order valence-corrected chi connectivity index (χ0v) is 11.6. The van der Waals surface area contributed by atoms with E-state index in [9.17, 15) is 5.11 Å². The fourth-order valence-corrected chi connectivity index (χ4v) is 1.98. The molecule has 0 aromatic heterocycles. The molecule has 1 rings (SSSR count). The Labute approximate surface area is 113 Å². The lowest BCUT2D eigenvalue weighted by Crippen LogP contribution is -2.32. The van der Waals surface area contributed by atoms with Gasteiger partial charge >= 0.3 is 0 Å². The summed E-state index contributed by atoms with van der Waals surface area (Å²) in [6, 6.07) is 7.21. The number of anilines is 1. The molecule has 3 nitrogen and oxygen atoms in total. The van der Waals surface area contributed by atoms with Crippen LogP contribution in [-0.2, 0) is 0 Å². The van der Waals surface area contributed by atoms with Crippen LogP contribution in [0.1, 0.15) is 32.3 Å². The number of nitrogens with one attached hydrogen (secondary N) is 1. The van der Waals surface area contributed by atoms with Crippen molar-refractivity contribution in [1.29, 1.82) is 5.26 Å². The van der Waals surface area contributed by atoms with Crippen molar-refractivity contribution in [3.05, 3.63) is 28.8 Å². The van der Waals surface area contributed by atoms with Gasteiger partial charge < -0.3 is 10.4 Å². The summed E-state index contributed by atoms with van der Waals surface area (Å²) in [5.74, 6) is 0. The Morgan fingerprint density at radius 1 is 1.39 bits per heavy atom. The molecule has 0 aliphatic rings. The molecule has 0 aliphatic heterocycles. The number of nitrogens with zero attached hydrogens (tertiary/aromatic N) is 1. The molecule has 0 fully saturated rings. The summed E-state index contributed by atoms with van der Waals surface area (Å²) in [6.45, 7) is 4.91. The summed E-state index contributed by atoms with van der Waals surface area (Å²) in [5, 5.41) is 22.2. The van der Waals surface area contributed by atoms with E-state index < -0.39 is 0 Å². The van der Waals surface area contributed by atoms with Gasteiger partial charge in [-0.1, -0.05) is 25.4 Å². The fourth-order valence-electron chi connectivity index (χ4n) is 1.79. The van der Waals surface area contributed by atoms with Crippen LogP contribution < -0.4 is 5.32 Å². The first-order chi connectivity index (χ1) is 8.60. The summed E-state index contributed by atoms with van der Waals surface area (Å²) in [5.41, 5.74) is 1.19. The minimum Gasteiger partial charge on any atom is -0.396 e. The molecule has 1 aromatic rings. The monoisotopic (exact) mass is 266 g/mol. The first kappa shape index (κ1) is 14.8. The van der Waals surface area contributed by atoms with Crippen molar-refractivity contribution in [3.63, 3.8) is 0 Å². The lowest BCUT2D eigenvalue weighted by molar-refractivity contribution is 0.127. The molecule has 0 radical (unpaired) electrons. The summed E-state index contributed by atoms with van der Waals surface area (Å²) in [4.78, 5) is 0. The van der Waals surface area contributed by atoms with Crippen LogP contribution in [0.15, 0.2) is 18.2 Å². The first-order valence-electron chi connectivity index (χ1n) is 6.15. The summed E-state index contributed by atoms with van der Waals surface area (Å²) < 4.78 is 0. The number of aliphatic hydroxyl groups is 1. The highest BCUT2D eigenvalue weighted by atomic mass is 35.5. The summed E-state index contributed by atoms with van der Waals surface area (Å²) in [7, 11) is 0. The number of halogens is 1. The molecule has 98 valence electrons. The molecule has 0 aliphatic carbocycles. The number of benzene rings is 1. The van der Waals surface area contributed by atoms with Crippen molar-refractivity contribution in [3.8, 4) is 6.07 Å². The number of hydrogen-bond acceptors (Lipinski definition) is 3. The second-order valence-electron chi connectivity index (χ2n) is 4.53. The topological polar surface area (TPSA) is 56.0 Å². The average molecular weight is 267 g/mol. The predicted molar refractivity (Wildman–Crippen MR) is 74.8 cm³/mol. The third-order valence-corrected chi connectivity index (χ3v) is 3.91. The molecule has 0 saturated heterocycles. The van der Waals surface area contributed by atoms with Gasteiger partial charge in [0.15, 0.2) is 0 Å². The highest BCUT2D eigenvalue weighted by Gasteiger charge is 2.25. The van der Waals surface area contributed by atoms with E-state index in [0.717, 1.165) is 18.5 Å². The molecule has 0 spiro atoms. The Balaban J connectivity index is 2.82. The third-order valence-electron chi connectivity index (χ3n) is 3.58. The predicted octanol–water partition coefficient (Wildman–Crippen LogP) is 3.42. The van der Waals surface area contributed by atoms with Gasteiger partial charge in [0.25, 0.3) is 0 Å². The van der Waals surface area contributed by atoms with Crippen LogP contribution in [0.3, 0.4) is 0 Å². The van der Waals surface area contributed by atoms with Crippen molar-refractivity contribution < 1.29 is 5.11 Å². The highest BCUT2D eigenvalue weighted by molar-refractivity contribution is 6.33. The standard InChI is InChI=1S/C14H19ClN2O/c1-3-14(4-2,10-18)9-17-13-7-11(8-16)5-6-12(13)15/h5-7,17-18H,3-4,9-10H2,1-2H3. The second kappa shape index (κ2) is 6.63. The van der Waals surface area contributed by atoms with Crippen LogP contribution in [0.5, 0.6) is 0 Å². The molecular formula is C14H19ClN2O. The Bertz CT molecular complexity index is 428. The Kier molecular flexibility index (Phi) is 5.46. The Morgan fingerprint density at radius 3 is 2.56 bits per heavy atom. The third kappa shape index (κ3) is 3.38. The van der Waals surface area contributed by atoms with E-state index in [2.05, 4.69) is 25.2 Å². The maximum absolute atomic E-state index is 9.50. The molecule has 0 heterocycles. The zero-order valence-electron chi connectivity index (χ0n) is 10.8. The van der Waals surface area contributed by atoms with Gasteiger partial charge in [0, 0.05) is 12.0 Å². The minimum absolute atomic E-state index is 0.133. The molecule has 0 bridgehead atoms. The van der Waals surface area contributed by atoms with E-state index in [-0.39, 0.29) is 12.0 Å². The van der Waals surface area contributed by atoms with E-state index >= 15 is 0 Å². The minimum atomic E-state index is -0.133. The van der Waals surface area contributed by atoms with E-state index in [1.165, 1.54) is 0 Å².